The Labute approximate surface area is 117 Å². The molecule has 0 aliphatic heterocycles. The maximum atomic E-state index is 12.1. The number of amides is 1. The van der Waals surface area contributed by atoms with Gasteiger partial charge >= 0.3 is 0 Å². The van der Waals surface area contributed by atoms with Crippen molar-refractivity contribution in [2.75, 3.05) is 6.61 Å². The summed E-state index contributed by atoms with van der Waals surface area (Å²) in [5, 5.41) is 13.9. The molecule has 0 radical (unpaired) electrons. The zero-order chi connectivity index (χ0) is 13.4. The molecule has 1 unspecified atom stereocenters. The minimum absolute atomic E-state index is 0.0405. The van der Waals surface area contributed by atoms with Crippen molar-refractivity contribution in [2.45, 2.75) is 19.4 Å². The van der Waals surface area contributed by atoms with Gasteiger partial charge in [0.25, 0.3) is 5.91 Å². The number of fused-ring (bicyclic) bond motifs is 3. The first-order valence-electron chi connectivity index (χ1n) is 5.99. The molecule has 19 heavy (non-hydrogen) atoms. The van der Waals surface area contributed by atoms with Gasteiger partial charge in [-0.25, -0.2) is 4.98 Å². The zero-order valence-electron chi connectivity index (χ0n) is 10.3. The zero-order valence-corrected chi connectivity index (χ0v) is 11.9. The highest BCUT2D eigenvalue weighted by atomic mass is 32.1. The van der Waals surface area contributed by atoms with Gasteiger partial charge in [-0.15, -0.1) is 22.7 Å². The van der Waals surface area contributed by atoms with Gasteiger partial charge in [0.05, 0.1) is 23.0 Å². The highest BCUT2D eigenvalue weighted by molar-refractivity contribution is 7.21. The minimum Gasteiger partial charge on any atom is -0.394 e. The van der Waals surface area contributed by atoms with Crippen molar-refractivity contribution in [1.82, 2.24) is 14.7 Å². The maximum Gasteiger partial charge on any atom is 0.261 e. The number of carbonyl (C=O) groups excluding carboxylic acids is 1. The lowest BCUT2D eigenvalue weighted by atomic mass is 10.2. The molecule has 1 amide bonds. The molecule has 0 saturated heterocycles. The number of imidazole rings is 1. The van der Waals surface area contributed by atoms with E-state index in [0.717, 1.165) is 15.3 Å². The number of rotatable bonds is 4. The van der Waals surface area contributed by atoms with Gasteiger partial charge in [0.15, 0.2) is 4.96 Å². The Kier molecular flexibility index (Phi) is 3.26. The SMILES string of the molecule is CCC(CO)NC(=O)c1cc2c(nc3sccn32)s1. The number of thiazole rings is 1. The van der Waals surface area contributed by atoms with Crippen LogP contribution in [0.15, 0.2) is 17.6 Å². The minimum atomic E-state index is -0.189. The average Bonchev–Trinajstić information content (AvgIpc) is 3.06. The molecule has 0 aliphatic rings. The van der Waals surface area contributed by atoms with Crippen LogP contribution in [0.25, 0.3) is 15.3 Å². The molecule has 7 heteroatoms. The molecule has 3 aromatic rings. The predicted octanol–water partition coefficient (Wildman–Crippen LogP) is 2.11. The van der Waals surface area contributed by atoms with Crippen LogP contribution in [0.2, 0.25) is 0 Å². The Balaban J connectivity index is 1.92. The number of carbonyl (C=O) groups is 1. The van der Waals surface area contributed by atoms with E-state index in [2.05, 4.69) is 10.3 Å². The quantitative estimate of drug-likeness (QED) is 0.774. The second-order valence-corrected chi connectivity index (χ2v) is 6.13. The average molecular weight is 295 g/mol. The molecule has 5 nitrogen and oxygen atoms in total. The second kappa shape index (κ2) is 4.92. The van der Waals surface area contributed by atoms with Crippen molar-refractivity contribution in [2.24, 2.45) is 0 Å². The van der Waals surface area contributed by atoms with E-state index in [1.807, 2.05) is 29.0 Å². The van der Waals surface area contributed by atoms with Gasteiger partial charge in [0.1, 0.15) is 4.83 Å². The predicted molar refractivity (Wildman–Crippen MR) is 77.1 cm³/mol. The van der Waals surface area contributed by atoms with Crippen LogP contribution in [-0.4, -0.2) is 33.0 Å². The molecule has 3 rings (SSSR count). The van der Waals surface area contributed by atoms with Crippen LogP contribution in [0, 0.1) is 0 Å². The molecule has 0 aromatic carbocycles. The van der Waals surface area contributed by atoms with E-state index >= 15 is 0 Å². The topological polar surface area (TPSA) is 66.6 Å². The third kappa shape index (κ3) is 2.13. The van der Waals surface area contributed by atoms with Gasteiger partial charge in [0, 0.05) is 11.6 Å². The molecule has 3 aromatic heterocycles. The first-order valence-corrected chi connectivity index (χ1v) is 7.69. The summed E-state index contributed by atoms with van der Waals surface area (Å²) in [7, 11) is 0. The van der Waals surface area contributed by atoms with Gasteiger partial charge in [-0.1, -0.05) is 6.92 Å². The van der Waals surface area contributed by atoms with Gasteiger partial charge in [-0.2, -0.15) is 0 Å². The molecule has 0 spiro atoms. The monoisotopic (exact) mass is 295 g/mol. The van der Waals surface area contributed by atoms with Gasteiger partial charge in [-0.3, -0.25) is 9.20 Å². The highest BCUT2D eigenvalue weighted by Gasteiger charge is 2.17. The van der Waals surface area contributed by atoms with Gasteiger partial charge in [0.2, 0.25) is 0 Å². The van der Waals surface area contributed by atoms with Crippen LogP contribution in [0.1, 0.15) is 23.0 Å². The normalized spacial score (nSPS) is 13.2. The Morgan fingerprint density at radius 3 is 3.21 bits per heavy atom. The first-order chi connectivity index (χ1) is 9.22. The summed E-state index contributed by atoms with van der Waals surface area (Å²) in [6, 6.07) is 1.66. The Bertz CT molecular complexity index is 724. The van der Waals surface area contributed by atoms with Crippen LogP contribution < -0.4 is 5.32 Å². The van der Waals surface area contributed by atoms with E-state index in [0.29, 0.717) is 11.3 Å². The molecule has 2 N–H and O–H groups in total. The van der Waals surface area contributed by atoms with Crippen molar-refractivity contribution in [3.05, 3.63) is 22.5 Å². The fourth-order valence-corrected chi connectivity index (χ4v) is 3.60. The molecule has 0 saturated carbocycles. The fraction of sp³-hybridized carbons (Fsp3) is 0.333. The van der Waals surface area contributed by atoms with Crippen molar-refractivity contribution in [3.8, 4) is 0 Å². The van der Waals surface area contributed by atoms with Gasteiger partial charge in [-0.05, 0) is 12.5 Å². The number of nitrogens with zero attached hydrogens (tertiary/aromatic N) is 2. The molecular weight excluding hydrogens is 282 g/mol. The smallest absolute Gasteiger partial charge is 0.261 e. The van der Waals surface area contributed by atoms with E-state index in [9.17, 15) is 4.79 Å². The van der Waals surface area contributed by atoms with Crippen LogP contribution >= 0.6 is 22.7 Å². The summed E-state index contributed by atoms with van der Waals surface area (Å²) in [4.78, 5) is 19.0. The molecule has 3 heterocycles. The Morgan fingerprint density at radius 2 is 2.47 bits per heavy atom. The standard InChI is InChI=1S/C12H13N3O2S2/c1-2-7(6-16)13-10(17)9-5-8-11(19-9)14-12-15(8)3-4-18-12/h3-5,7,16H,2,6H2,1H3,(H,13,17). The summed E-state index contributed by atoms with van der Waals surface area (Å²) in [5.41, 5.74) is 0.962. The summed E-state index contributed by atoms with van der Waals surface area (Å²) in [6.45, 7) is 1.89. The maximum absolute atomic E-state index is 12.1. The van der Waals surface area contributed by atoms with E-state index in [1.54, 1.807) is 11.3 Å². The third-order valence-electron chi connectivity index (χ3n) is 3.01. The molecule has 1 atom stereocenters. The largest absolute Gasteiger partial charge is 0.394 e. The van der Waals surface area contributed by atoms with Crippen molar-refractivity contribution in [3.63, 3.8) is 0 Å². The van der Waals surface area contributed by atoms with E-state index < -0.39 is 0 Å². The number of hydrogen-bond acceptors (Lipinski definition) is 5. The second-order valence-electron chi connectivity index (χ2n) is 4.23. The van der Waals surface area contributed by atoms with E-state index in [1.165, 1.54) is 11.3 Å². The number of thiophene rings is 1. The number of nitrogens with one attached hydrogen (secondary N) is 1. The fourth-order valence-electron chi connectivity index (χ4n) is 1.89. The lowest BCUT2D eigenvalue weighted by Crippen LogP contribution is -2.36. The molecule has 0 fully saturated rings. The summed E-state index contributed by atoms with van der Waals surface area (Å²) < 4.78 is 1.98. The van der Waals surface area contributed by atoms with Crippen LogP contribution in [0.4, 0.5) is 0 Å². The van der Waals surface area contributed by atoms with Crippen molar-refractivity contribution in [1.29, 1.82) is 0 Å². The van der Waals surface area contributed by atoms with E-state index in [-0.39, 0.29) is 18.6 Å². The lowest BCUT2D eigenvalue weighted by Gasteiger charge is -2.12. The number of aliphatic hydroxyl groups excluding tert-OH is 1. The lowest BCUT2D eigenvalue weighted by molar-refractivity contribution is 0.0919. The Morgan fingerprint density at radius 1 is 1.63 bits per heavy atom. The van der Waals surface area contributed by atoms with Crippen LogP contribution in [0.5, 0.6) is 0 Å². The number of aliphatic hydroxyl groups is 1. The van der Waals surface area contributed by atoms with Crippen LogP contribution in [-0.2, 0) is 0 Å². The molecular formula is C12H13N3O2S2. The summed E-state index contributed by atoms with van der Waals surface area (Å²) in [6.07, 6.45) is 2.66. The molecule has 0 aliphatic carbocycles. The first kappa shape index (κ1) is 12.6. The summed E-state index contributed by atoms with van der Waals surface area (Å²) in [5.74, 6) is -0.145. The van der Waals surface area contributed by atoms with Crippen molar-refractivity contribution >= 4 is 43.9 Å². The molecule has 100 valence electrons. The summed E-state index contributed by atoms with van der Waals surface area (Å²) >= 11 is 2.95. The molecule has 0 bridgehead atoms. The van der Waals surface area contributed by atoms with Crippen molar-refractivity contribution < 1.29 is 9.90 Å². The highest BCUT2D eigenvalue weighted by Crippen LogP contribution is 2.28. The Hall–Kier alpha value is -1.44. The number of aromatic nitrogens is 2. The van der Waals surface area contributed by atoms with Crippen LogP contribution in [0.3, 0.4) is 0 Å². The third-order valence-corrected chi connectivity index (χ3v) is 4.79. The van der Waals surface area contributed by atoms with Gasteiger partial charge < -0.3 is 10.4 Å². The number of hydrogen-bond donors (Lipinski definition) is 2. The van der Waals surface area contributed by atoms with E-state index in [4.69, 9.17) is 5.11 Å².